The summed E-state index contributed by atoms with van der Waals surface area (Å²) in [6.45, 7) is 4.71. The molecule has 0 spiro atoms. The van der Waals surface area contributed by atoms with Crippen LogP contribution in [0.2, 0.25) is 0 Å². The first-order valence-electron chi connectivity index (χ1n) is 9.10. The SMILES string of the molecule is COc1c(C)ncnc1N1CCN(C(=O)Cc2c[nH]c3ccccc23)CC1. The minimum absolute atomic E-state index is 0.158. The van der Waals surface area contributed by atoms with Crippen molar-refractivity contribution in [3.05, 3.63) is 48.0 Å². The van der Waals surface area contributed by atoms with Crippen LogP contribution in [0.25, 0.3) is 10.9 Å². The molecule has 0 atom stereocenters. The summed E-state index contributed by atoms with van der Waals surface area (Å²) in [6.07, 6.45) is 3.91. The first-order valence-corrected chi connectivity index (χ1v) is 9.10. The van der Waals surface area contributed by atoms with E-state index < -0.39 is 0 Å². The monoisotopic (exact) mass is 365 g/mol. The van der Waals surface area contributed by atoms with Crippen molar-refractivity contribution in [1.82, 2.24) is 19.9 Å². The molecule has 1 fully saturated rings. The highest BCUT2D eigenvalue weighted by atomic mass is 16.5. The van der Waals surface area contributed by atoms with Crippen molar-refractivity contribution in [2.45, 2.75) is 13.3 Å². The highest BCUT2D eigenvalue weighted by Gasteiger charge is 2.25. The molecule has 1 N–H and O–H groups in total. The number of aromatic nitrogens is 3. The summed E-state index contributed by atoms with van der Waals surface area (Å²) in [4.78, 5) is 28.7. The van der Waals surface area contributed by atoms with Gasteiger partial charge in [-0.3, -0.25) is 4.79 Å². The fourth-order valence-corrected chi connectivity index (χ4v) is 3.63. The Morgan fingerprint density at radius 2 is 1.96 bits per heavy atom. The molecular weight excluding hydrogens is 342 g/mol. The largest absolute Gasteiger partial charge is 0.491 e. The standard InChI is InChI=1S/C20H23N5O2/c1-14-19(27-2)20(23-13-22-14)25-9-7-24(8-10-25)18(26)11-15-12-21-17-6-4-3-5-16(15)17/h3-6,12-13,21H,7-11H2,1-2H3. The summed E-state index contributed by atoms with van der Waals surface area (Å²) >= 11 is 0. The fourth-order valence-electron chi connectivity index (χ4n) is 3.63. The quantitative estimate of drug-likeness (QED) is 0.767. The van der Waals surface area contributed by atoms with Gasteiger partial charge in [0.15, 0.2) is 11.6 Å². The Labute approximate surface area is 158 Å². The topological polar surface area (TPSA) is 74.4 Å². The van der Waals surface area contributed by atoms with Gasteiger partial charge in [-0.2, -0.15) is 0 Å². The van der Waals surface area contributed by atoms with Crippen LogP contribution in [-0.4, -0.2) is 59.0 Å². The highest BCUT2D eigenvalue weighted by molar-refractivity contribution is 5.89. The summed E-state index contributed by atoms with van der Waals surface area (Å²) in [5.74, 6) is 1.66. The van der Waals surface area contributed by atoms with E-state index in [-0.39, 0.29) is 5.91 Å². The molecule has 4 rings (SSSR count). The zero-order valence-electron chi connectivity index (χ0n) is 15.6. The van der Waals surface area contributed by atoms with E-state index in [0.717, 1.165) is 41.1 Å². The second-order valence-electron chi connectivity index (χ2n) is 6.72. The Balaban J connectivity index is 1.42. The first kappa shape index (κ1) is 17.3. The maximum Gasteiger partial charge on any atom is 0.227 e. The van der Waals surface area contributed by atoms with E-state index in [1.165, 1.54) is 0 Å². The van der Waals surface area contributed by atoms with Gasteiger partial charge in [0, 0.05) is 43.3 Å². The summed E-state index contributed by atoms with van der Waals surface area (Å²) in [5.41, 5.74) is 2.93. The van der Waals surface area contributed by atoms with Crippen LogP contribution in [-0.2, 0) is 11.2 Å². The number of methoxy groups -OCH3 is 1. The van der Waals surface area contributed by atoms with Gasteiger partial charge in [-0.1, -0.05) is 18.2 Å². The van der Waals surface area contributed by atoms with Crippen LogP contribution < -0.4 is 9.64 Å². The smallest absolute Gasteiger partial charge is 0.227 e. The molecule has 0 bridgehead atoms. The summed E-state index contributed by atoms with van der Waals surface area (Å²) in [6, 6.07) is 8.07. The molecule has 0 unspecified atom stereocenters. The third kappa shape index (κ3) is 3.32. The number of H-pyrrole nitrogens is 1. The lowest BCUT2D eigenvalue weighted by molar-refractivity contribution is -0.130. The third-order valence-corrected chi connectivity index (χ3v) is 5.12. The molecule has 0 saturated carbocycles. The van der Waals surface area contributed by atoms with Gasteiger partial charge in [0.1, 0.15) is 6.33 Å². The van der Waals surface area contributed by atoms with Gasteiger partial charge in [0.05, 0.1) is 19.2 Å². The van der Waals surface area contributed by atoms with Crippen molar-refractivity contribution in [3.8, 4) is 5.75 Å². The van der Waals surface area contributed by atoms with Crippen LogP contribution >= 0.6 is 0 Å². The van der Waals surface area contributed by atoms with Crippen LogP contribution in [0.5, 0.6) is 5.75 Å². The number of rotatable bonds is 4. The summed E-state index contributed by atoms with van der Waals surface area (Å²) < 4.78 is 5.46. The molecule has 1 aromatic carbocycles. The zero-order valence-corrected chi connectivity index (χ0v) is 15.6. The molecule has 3 heterocycles. The normalized spacial score (nSPS) is 14.6. The molecule has 1 saturated heterocycles. The van der Waals surface area contributed by atoms with E-state index in [1.54, 1.807) is 13.4 Å². The number of benzene rings is 1. The van der Waals surface area contributed by atoms with Crippen molar-refractivity contribution in [2.75, 3.05) is 38.2 Å². The van der Waals surface area contributed by atoms with Gasteiger partial charge in [0.25, 0.3) is 0 Å². The van der Waals surface area contributed by atoms with Crippen molar-refractivity contribution in [1.29, 1.82) is 0 Å². The van der Waals surface area contributed by atoms with Crippen LogP contribution in [0.3, 0.4) is 0 Å². The number of piperazine rings is 1. The molecule has 1 amide bonds. The minimum Gasteiger partial charge on any atom is -0.491 e. The van der Waals surface area contributed by atoms with Gasteiger partial charge >= 0.3 is 0 Å². The van der Waals surface area contributed by atoms with Crippen LogP contribution in [0.4, 0.5) is 5.82 Å². The van der Waals surface area contributed by atoms with Crippen LogP contribution in [0.15, 0.2) is 36.8 Å². The van der Waals surface area contributed by atoms with Crippen molar-refractivity contribution in [3.63, 3.8) is 0 Å². The molecule has 140 valence electrons. The van der Waals surface area contributed by atoms with E-state index in [0.29, 0.717) is 25.3 Å². The Morgan fingerprint density at radius 3 is 2.74 bits per heavy atom. The number of nitrogens with zero attached hydrogens (tertiary/aromatic N) is 4. The second-order valence-corrected chi connectivity index (χ2v) is 6.72. The molecule has 7 nitrogen and oxygen atoms in total. The van der Waals surface area contributed by atoms with Crippen LogP contribution in [0, 0.1) is 6.92 Å². The number of nitrogens with one attached hydrogen (secondary N) is 1. The van der Waals surface area contributed by atoms with Crippen molar-refractivity contribution < 1.29 is 9.53 Å². The number of anilines is 1. The van der Waals surface area contributed by atoms with E-state index in [1.807, 2.05) is 36.2 Å². The van der Waals surface area contributed by atoms with Crippen molar-refractivity contribution in [2.24, 2.45) is 0 Å². The average Bonchev–Trinajstić information content (AvgIpc) is 3.11. The molecule has 1 aliphatic rings. The van der Waals surface area contributed by atoms with Crippen LogP contribution in [0.1, 0.15) is 11.3 Å². The lowest BCUT2D eigenvalue weighted by Crippen LogP contribution is -2.49. The molecule has 7 heteroatoms. The molecular formula is C20H23N5O2. The summed E-state index contributed by atoms with van der Waals surface area (Å²) in [5, 5.41) is 1.12. The first-order chi connectivity index (χ1) is 13.2. The van der Waals surface area contributed by atoms with Gasteiger partial charge in [-0.25, -0.2) is 9.97 Å². The number of aryl methyl sites for hydroxylation is 1. The molecule has 2 aromatic heterocycles. The maximum atomic E-state index is 12.8. The molecule has 1 aliphatic heterocycles. The number of carbonyl (C=O) groups excluding carboxylic acids is 1. The fraction of sp³-hybridized carbons (Fsp3) is 0.350. The third-order valence-electron chi connectivity index (χ3n) is 5.12. The summed E-state index contributed by atoms with van der Waals surface area (Å²) in [7, 11) is 1.64. The van der Waals surface area contributed by atoms with Gasteiger partial charge in [-0.15, -0.1) is 0 Å². The molecule has 3 aromatic rings. The Bertz CT molecular complexity index is 960. The van der Waals surface area contributed by atoms with Crippen molar-refractivity contribution >= 4 is 22.6 Å². The number of amides is 1. The molecule has 27 heavy (non-hydrogen) atoms. The lowest BCUT2D eigenvalue weighted by atomic mass is 10.1. The van der Waals surface area contributed by atoms with Gasteiger partial charge in [0.2, 0.25) is 5.91 Å². The number of carbonyl (C=O) groups is 1. The van der Waals surface area contributed by atoms with Gasteiger partial charge < -0.3 is 19.5 Å². The van der Waals surface area contributed by atoms with E-state index in [2.05, 4.69) is 25.9 Å². The van der Waals surface area contributed by atoms with E-state index >= 15 is 0 Å². The average molecular weight is 365 g/mol. The minimum atomic E-state index is 0.158. The zero-order chi connectivity index (χ0) is 18.8. The number of para-hydroxylation sites is 1. The number of aromatic amines is 1. The maximum absolute atomic E-state index is 12.8. The number of hydrogen-bond donors (Lipinski definition) is 1. The Hall–Kier alpha value is -3.09. The van der Waals surface area contributed by atoms with E-state index in [4.69, 9.17) is 4.74 Å². The molecule has 0 radical (unpaired) electrons. The molecule has 0 aliphatic carbocycles. The van der Waals surface area contributed by atoms with E-state index in [9.17, 15) is 4.79 Å². The Kier molecular flexibility index (Phi) is 4.66. The predicted octanol–water partition coefficient (Wildman–Crippen LogP) is 2.17. The highest BCUT2D eigenvalue weighted by Crippen LogP contribution is 2.28. The lowest BCUT2D eigenvalue weighted by Gasteiger charge is -2.36. The second kappa shape index (κ2) is 7.26. The number of fused-ring (bicyclic) bond motifs is 1. The Morgan fingerprint density at radius 1 is 1.19 bits per heavy atom. The van der Waals surface area contributed by atoms with Gasteiger partial charge in [-0.05, 0) is 18.6 Å². The number of hydrogen-bond acceptors (Lipinski definition) is 5. The number of ether oxygens (including phenoxy) is 1. The predicted molar refractivity (Wildman–Crippen MR) is 104 cm³/mol.